The summed E-state index contributed by atoms with van der Waals surface area (Å²) in [5, 5.41) is 0. The Kier molecular flexibility index (Phi) is 3.93. The number of hydrogen-bond acceptors (Lipinski definition) is 3. The van der Waals surface area contributed by atoms with Gasteiger partial charge in [-0.2, -0.15) is 0 Å². The molecule has 1 saturated heterocycles. The standard InChI is InChI=1S/C13H21N3/c1-15-7-8-16(13(9-14)11-15)10-12-5-3-2-4-6-12/h2-6,13H,7-11,14H2,1H3/t13-/m1/s1. The molecule has 0 radical (unpaired) electrons. The van der Waals surface area contributed by atoms with Crippen LogP contribution in [0, 0.1) is 0 Å². The van der Waals surface area contributed by atoms with Crippen molar-refractivity contribution in [3.63, 3.8) is 0 Å². The van der Waals surface area contributed by atoms with Gasteiger partial charge in [0.25, 0.3) is 0 Å². The third-order valence-corrected chi connectivity index (χ3v) is 3.31. The highest BCUT2D eigenvalue weighted by Crippen LogP contribution is 2.12. The predicted octanol–water partition coefficient (Wildman–Crippen LogP) is 0.761. The first-order valence-electron chi connectivity index (χ1n) is 5.96. The Morgan fingerprint density at radius 1 is 1.25 bits per heavy atom. The molecule has 1 aromatic carbocycles. The molecule has 1 aliphatic rings. The number of rotatable bonds is 3. The van der Waals surface area contributed by atoms with Gasteiger partial charge in [0, 0.05) is 38.8 Å². The average Bonchev–Trinajstić information content (AvgIpc) is 2.33. The molecule has 2 N–H and O–H groups in total. The number of hydrogen-bond donors (Lipinski definition) is 1. The Morgan fingerprint density at radius 2 is 2.00 bits per heavy atom. The topological polar surface area (TPSA) is 32.5 Å². The maximum atomic E-state index is 5.84. The lowest BCUT2D eigenvalue weighted by molar-refractivity contribution is 0.0881. The fraction of sp³-hybridized carbons (Fsp3) is 0.538. The summed E-state index contributed by atoms with van der Waals surface area (Å²) in [6.07, 6.45) is 0. The van der Waals surface area contributed by atoms with Crippen molar-refractivity contribution < 1.29 is 0 Å². The molecule has 1 fully saturated rings. The summed E-state index contributed by atoms with van der Waals surface area (Å²) in [7, 11) is 2.17. The van der Waals surface area contributed by atoms with Crippen molar-refractivity contribution in [2.75, 3.05) is 33.2 Å². The maximum Gasteiger partial charge on any atom is 0.0349 e. The Hall–Kier alpha value is -0.900. The van der Waals surface area contributed by atoms with E-state index in [-0.39, 0.29) is 0 Å². The first-order valence-corrected chi connectivity index (χ1v) is 5.96. The molecule has 16 heavy (non-hydrogen) atoms. The van der Waals surface area contributed by atoms with Gasteiger partial charge < -0.3 is 10.6 Å². The Balaban J connectivity index is 1.98. The molecule has 0 aromatic heterocycles. The van der Waals surface area contributed by atoms with E-state index >= 15 is 0 Å². The van der Waals surface area contributed by atoms with Crippen LogP contribution in [0.1, 0.15) is 5.56 Å². The van der Waals surface area contributed by atoms with E-state index in [1.54, 1.807) is 0 Å². The highest BCUT2D eigenvalue weighted by atomic mass is 15.3. The molecular weight excluding hydrogens is 198 g/mol. The zero-order valence-corrected chi connectivity index (χ0v) is 9.97. The second kappa shape index (κ2) is 5.43. The van der Waals surface area contributed by atoms with Gasteiger partial charge in [0.2, 0.25) is 0 Å². The van der Waals surface area contributed by atoms with Crippen LogP contribution in [0.4, 0.5) is 0 Å². The fourth-order valence-corrected chi connectivity index (χ4v) is 2.30. The van der Waals surface area contributed by atoms with Crippen molar-refractivity contribution in [1.82, 2.24) is 9.80 Å². The summed E-state index contributed by atoms with van der Waals surface area (Å²) in [6, 6.07) is 11.1. The van der Waals surface area contributed by atoms with Gasteiger partial charge in [-0.3, -0.25) is 4.90 Å². The number of benzene rings is 1. The van der Waals surface area contributed by atoms with Crippen molar-refractivity contribution in [3.8, 4) is 0 Å². The van der Waals surface area contributed by atoms with Gasteiger partial charge in [-0.25, -0.2) is 0 Å². The molecule has 0 aliphatic carbocycles. The van der Waals surface area contributed by atoms with Crippen LogP contribution in [0.2, 0.25) is 0 Å². The van der Waals surface area contributed by atoms with Crippen LogP contribution >= 0.6 is 0 Å². The van der Waals surface area contributed by atoms with E-state index in [4.69, 9.17) is 5.73 Å². The van der Waals surface area contributed by atoms with Crippen LogP contribution in [0.3, 0.4) is 0 Å². The van der Waals surface area contributed by atoms with E-state index in [0.717, 1.165) is 32.7 Å². The van der Waals surface area contributed by atoms with Crippen LogP contribution < -0.4 is 5.73 Å². The lowest BCUT2D eigenvalue weighted by atomic mass is 10.1. The van der Waals surface area contributed by atoms with Crippen molar-refractivity contribution in [1.29, 1.82) is 0 Å². The second-order valence-corrected chi connectivity index (χ2v) is 4.61. The van der Waals surface area contributed by atoms with Crippen LogP contribution in [0.15, 0.2) is 30.3 Å². The molecule has 3 heteroatoms. The second-order valence-electron chi connectivity index (χ2n) is 4.61. The highest BCUT2D eigenvalue weighted by Gasteiger charge is 2.23. The molecule has 0 unspecified atom stereocenters. The minimum atomic E-state index is 0.499. The Bertz CT molecular complexity index is 312. The first kappa shape index (κ1) is 11.6. The van der Waals surface area contributed by atoms with Gasteiger partial charge in [0.05, 0.1) is 0 Å². The van der Waals surface area contributed by atoms with E-state index in [1.807, 2.05) is 0 Å². The molecule has 0 bridgehead atoms. The van der Waals surface area contributed by atoms with Crippen LogP contribution in [0.25, 0.3) is 0 Å². The highest BCUT2D eigenvalue weighted by molar-refractivity contribution is 5.14. The Labute approximate surface area is 97.8 Å². The van der Waals surface area contributed by atoms with Gasteiger partial charge in [-0.15, -0.1) is 0 Å². The molecule has 1 aliphatic heterocycles. The Morgan fingerprint density at radius 3 is 2.69 bits per heavy atom. The molecule has 1 atom stereocenters. The largest absolute Gasteiger partial charge is 0.329 e. The molecule has 88 valence electrons. The fourth-order valence-electron chi connectivity index (χ4n) is 2.30. The average molecular weight is 219 g/mol. The minimum absolute atomic E-state index is 0.499. The first-order chi connectivity index (χ1) is 7.79. The third kappa shape index (κ3) is 2.82. The predicted molar refractivity (Wildman–Crippen MR) is 67.2 cm³/mol. The molecule has 0 saturated carbocycles. The van der Waals surface area contributed by atoms with Crippen molar-refractivity contribution in [2.45, 2.75) is 12.6 Å². The number of likely N-dealkylation sites (N-methyl/N-ethyl adjacent to an activating group) is 1. The summed E-state index contributed by atoms with van der Waals surface area (Å²) in [6.45, 7) is 5.12. The van der Waals surface area contributed by atoms with E-state index < -0.39 is 0 Å². The number of piperazine rings is 1. The van der Waals surface area contributed by atoms with Gasteiger partial charge in [0.1, 0.15) is 0 Å². The van der Waals surface area contributed by atoms with Gasteiger partial charge in [-0.1, -0.05) is 30.3 Å². The van der Waals surface area contributed by atoms with E-state index in [2.05, 4.69) is 47.2 Å². The quantitative estimate of drug-likeness (QED) is 0.814. The summed E-state index contributed by atoms with van der Waals surface area (Å²) in [5.41, 5.74) is 7.22. The summed E-state index contributed by atoms with van der Waals surface area (Å²) in [5.74, 6) is 0. The van der Waals surface area contributed by atoms with Crippen LogP contribution in [0.5, 0.6) is 0 Å². The van der Waals surface area contributed by atoms with Gasteiger partial charge in [0.15, 0.2) is 0 Å². The smallest absolute Gasteiger partial charge is 0.0349 e. The summed E-state index contributed by atoms with van der Waals surface area (Å²) >= 11 is 0. The molecule has 2 rings (SSSR count). The molecule has 0 spiro atoms. The number of nitrogens with two attached hydrogens (primary N) is 1. The maximum absolute atomic E-state index is 5.84. The zero-order chi connectivity index (χ0) is 11.4. The van der Waals surface area contributed by atoms with E-state index in [9.17, 15) is 0 Å². The van der Waals surface area contributed by atoms with Crippen molar-refractivity contribution in [2.24, 2.45) is 5.73 Å². The minimum Gasteiger partial charge on any atom is -0.329 e. The van der Waals surface area contributed by atoms with Crippen molar-refractivity contribution in [3.05, 3.63) is 35.9 Å². The van der Waals surface area contributed by atoms with Crippen molar-refractivity contribution >= 4 is 0 Å². The van der Waals surface area contributed by atoms with Gasteiger partial charge >= 0.3 is 0 Å². The summed E-state index contributed by atoms with van der Waals surface area (Å²) < 4.78 is 0. The van der Waals surface area contributed by atoms with Gasteiger partial charge in [-0.05, 0) is 12.6 Å². The normalized spacial score (nSPS) is 23.5. The van der Waals surface area contributed by atoms with Crippen LogP contribution in [-0.2, 0) is 6.54 Å². The molecule has 1 heterocycles. The molecule has 1 aromatic rings. The van der Waals surface area contributed by atoms with E-state index in [0.29, 0.717) is 6.04 Å². The van der Waals surface area contributed by atoms with Crippen LogP contribution in [-0.4, -0.2) is 49.1 Å². The third-order valence-electron chi connectivity index (χ3n) is 3.31. The molecule has 0 amide bonds. The molecule has 3 nitrogen and oxygen atoms in total. The molecular formula is C13H21N3. The lowest BCUT2D eigenvalue weighted by Gasteiger charge is -2.39. The summed E-state index contributed by atoms with van der Waals surface area (Å²) in [4.78, 5) is 4.86. The van der Waals surface area contributed by atoms with E-state index in [1.165, 1.54) is 5.56 Å². The lowest BCUT2D eigenvalue weighted by Crippen LogP contribution is -2.54. The zero-order valence-electron chi connectivity index (χ0n) is 9.97. The SMILES string of the molecule is CN1CCN(Cc2ccccc2)[C@H](CN)C1. The monoisotopic (exact) mass is 219 g/mol. The number of nitrogens with zero attached hydrogens (tertiary/aromatic N) is 2.